The molecule has 1 N–H and O–H groups in total. The Bertz CT molecular complexity index is 847. The summed E-state index contributed by atoms with van der Waals surface area (Å²) in [6, 6.07) is 14.2. The minimum atomic E-state index is 0.0436. The summed E-state index contributed by atoms with van der Waals surface area (Å²) >= 11 is 0.0436. The van der Waals surface area contributed by atoms with E-state index in [-0.39, 0.29) is 20.3 Å². The van der Waals surface area contributed by atoms with E-state index in [4.69, 9.17) is 0 Å². The van der Waals surface area contributed by atoms with Gasteiger partial charge in [-0.2, -0.15) is 0 Å². The van der Waals surface area contributed by atoms with Crippen molar-refractivity contribution in [3.05, 3.63) is 58.4 Å². The van der Waals surface area contributed by atoms with Crippen molar-refractivity contribution in [2.75, 3.05) is 11.9 Å². The number of anilines is 1. The Morgan fingerprint density at radius 2 is 2.00 bits per heavy atom. The van der Waals surface area contributed by atoms with Crippen LogP contribution in [0.25, 0.3) is 15.3 Å². The standard InChI is InChI=1S/C16H14N2OSe/c19-16-12-7-1-2-9-14(12)20-18(16)13-8-3-5-11-6-4-10-17-15(11)13/h1-3,5,7-9,17H,4,6,10H2. The zero-order valence-corrected chi connectivity index (χ0v) is 12.6. The van der Waals surface area contributed by atoms with Crippen LogP contribution < -0.4 is 10.9 Å². The molecule has 0 fully saturated rings. The molecule has 3 nitrogen and oxygen atoms in total. The topological polar surface area (TPSA) is 34.0 Å². The summed E-state index contributed by atoms with van der Waals surface area (Å²) in [5.74, 6) is 0. The van der Waals surface area contributed by atoms with E-state index in [0.717, 1.165) is 36.1 Å². The first kappa shape index (κ1) is 12.0. The Labute approximate surface area is 122 Å². The van der Waals surface area contributed by atoms with Crippen LogP contribution in [0.15, 0.2) is 47.3 Å². The summed E-state index contributed by atoms with van der Waals surface area (Å²) in [4.78, 5) is 12.6. The van der Waals surface area contributed by atoms with Crippen molar-refractivity contribution in [1.29, 1.82) is 0 Å². The van der Waals surface area contributed by atoms with Crippen molar-refractivity contribution in [1.82, 2.24) is 3.56 Å². The molecule has 100 valence electrons. The molecule has 0 saturated heterocycles. The summed E-state index contributed by atoms with van der Waals surface area (Å²) in [7, 11) is 0. The van der Waals surface area contributed by atoms with Crippen molar-refractivity contribution in [2.24, 2.45) is 0 Å². The molecule has 0 bridgehead atoms. The Kier molecular flexibility index (Phi) is 2.79. The van der Waals surface area contributed by atoms with Crippen molar-refractivity contribution >= 4 is 30.1 Å². The molecule has 3 aromatic rings. The molecular weight excluding hydrogens is 315 g/mol. The summed E-state index contributed by atoms with van der Waals surface area (Å²) in [6.45, 7) is 0.992. The molecule has 0 aliphatic carbocycles. The van der Waals surface area contributed by atoms with Gasteiger partial charge in [0.1, 0.15) is 0 Å². The van der Waals surface area contributed by atoms with Crippen LogP contribution in [-0.2, 0) is 6.42 Å². The number of aromatic nitrogens is 1. The summed E-state index contributed by atoms with van der Waals surface area (Å²) < 4.78 is 3.13. The molecular formula is C16H14N2OSe. The zero-order valence-electron chi connectivity index (χ0n) is 10.9. The average molecular weight is 329 g/mol. The third kappa shape index (κ3) is 1.76. The number of fused-ring (bicyclic) bond motifs is 2. The molecule has 2 aromatic carbocycles. The predicted octanol–water partition coefficient (Wildman–Crippen LogP) is 2.41. The SMILES string of the molecule is O=c1c2ccccc2[se]n1-c1cccc2c1NCCC2. The summed E-state index contributed by atoms with van der Waals surface area (Å²) in [5.41, 5.74) is 3.67. The van der Waals surface area contributed by atoms with Gasteiger partial charge in [0.25, 0.3) is 0 Å². The van der Waals surface area contributed by atoms with E-state index in [9.17, 15) is 4.79 Å². The molecule has 1 aliphatic rings. The number of hydrogen-bond donors (Lipinski definition) is 1. The van der Waals surface area contributed by atoms with Crippen LogP contribution >= 0.6 is 0 Å². The van der Waals surface area contributed by atoms with Crippen molar-refractivity contribution in [3.63, 3.8) is 0 Å². The molecule has 4 rings (SSSR count). The first-order chi connectivity index (χ1) is 9.84. The van der Waals surface area contributed by atoms with Crippen molar-refractivity contribution in [2.45, 2.75) is 12.8 Å². The molecule has 1 aromatic heterocycles. The van der Waals surface area contributed by atoms with Crippen molar-refractivity contribution < 1.29 is 0 Å². The molecule has 0 amide bonds. The van der Waals surface area contributed by atoms with Crippen LogP contribution in [0.2, 0.25) is 0 Å². The number of nitrogens with zero attached hydrogens (tertiary/aromatic N) is 1. The number of nitrogens with one attached hydrogen (secondary N) is 1. The fourth-order valence-electron chi connectivity index (χ4n) is 2.79. The predicted molar refractivity (Wildman–Crippen MR) is 83.3 cm³/mol. The second kappa shape index (κ2) is 4.65. The molecule has 0 radical (unpaired) electrons. The van der Waals surface area contributed by atoms with Gasteiger partial charge in [0.15, 0.2) is 0 Å². The van der Waals surface area contributed by atoms with E-state index < -0.39 is 0 Å². The maximum absolute atomic E-state index is 12.6. The second-order valence-electron chi connectivity index (χ2n) is 5.03. The first-order valence-electron chi connectivity index (χ1n) is 6.82. The van der Waals surface area contributed by atoms with Gasteiger partial charge in [0.2, 0.25) is 0 Å². The van der Waals surface area contributed by atoms with Crippen LogP contribution in [0.4, 0.5) is 5.69 Å². The Morgan fingerprint density at radius 3 is 2.90 bits per heavy atom. The average Bonchev–Trinajstić information content (AvgIpc) is 2.84. The number of hydrogen-bond acceptors (Lipinski definition) is 2. The number of para-hydroxylation sites is 1. The van der Waals surface area contributed by atoms with E-state index >= 15 is 0 Å². The maximum atomic E-state index is 12.6. The van der Waals surface area contributed by atoms with Gasteiger partial charge in [-0.05, 0) is 0 Å². The molecule has 0 spiro atoms. The molecule has 20 heavy (non-hydrogen) atoms. The normalized spacial score (nSPS) is 14.0. The van der Waals surface area contributed by atoms with Gasteiger partial charge in [0, 0.05) is 0 Å². The molecule has 0 unspecified atom stereocenters. The van der Waals surface area contributed by atoms with Gasteiger partial charge >= 0.3 is 122 Å². The molecule has 0 atom stereocenters. The monoisotopic (exact) mass is 330 g/mol. The Morgan fingerprint density at radius 1 is 1.10 bits per heavy atom. The fraction of sp³-hybridized carbons (Fsp3) is 0.188. The van der Waals surface area contributed by atoms with Gasteiger partial charge in [-0.1, -0.05) is 0 Å². The van der Waals surface area contributed by atoms with E-state index in [0.29, 0.717) is 0 Å². The summed E-state index contributed by atoms with van der Waals surface area (Å²) in [5, 5.41) is 4.33. The van der Waals surface area contributed by atoms with Gasteiger partial charge < -0.3 is 0 Å². The Balaban J connectivity index is 2.00. The van der Waals surface area contributed by atoms with E-state index in [1.807, 2.05) is 21.8 Å². The van der Waals surface area contributed by atoms with Gasteiger partial charge in [0.05, 0.1) is 0 Å². The van der Waals surface area contributed by atoms with Gasteiger partial charge in [-0.25, -0.2) is 0 Å². The van der Waals surface area contributed by atoms with Gasteiger partial charge in [-0.3, -0.25) is 0 Å². The minimum absolute atomic E-state index is 0.0436. The molecule has 4 heteroatoms. The Hall–Kier alpha value is -1.77. The fourth-order valence-corrected chi connectivity index (χ4v) is 4.93. The van der Waals surface area contributed by atoms with Gasteiger partial charge in [-0.15, -0.1) is 0 Å². The first-order valence-corrected chi connectivity index (χ1v) is 8.44. The number of benzene rings is 2. The van der Waals surface area contributed by atoms with Crippen LogP contribution in [0, 0.1) is 0 Å². The van der Waals surface area contributed by atoms with E-state index in [2.05, 4.69) is 29.6 Å². The number of aryl methyl sites for hydroxylation is 1. The van der Waals surface area contributed by atoms with Crippen LogP contribution in [0.5, 0.6) is 0 Å². The third-order valence-corrected chi connectivity index (χ3v) is 6.07. The third-order valence-electron chi connectivity index (χ3n) is 3.76. The van der Waals surface area contributed by atoms with Crippen LogP contribution in [-0.4, -0.2) is 24.8 Å². The summed E-state index contributed by atoms with van der Waals surface area (Å²) in [6.07, 6.45) is 2.26. The van der Waals surface area contributed by atoms with E-state index in [1.165, 1.54) is 9.82 Å². The van der Waals surface area contributed by atoms with Crippen LogP contribution in [0.1, 0.15) is 12.0 Å². The second-order valence-corrected chi connectivity index (χ2v) is 7.10. The zero-order chi connectivity index (χ0) is 13.5. The van der Waals surface area contributed by atoms with Crippen molar-refractivity contribution in [3.8, 4) is 5.69 Å². The van der Waals surface area contributed by atoms with E-state index in [1.54, 1.807) is 0 Å². The number of rotatable bonds is 1. The molecule has 0 saturated carbocycles. The van der Waals surface area contributed by atoms with Crippen LogP contribution in [0.3, 0.4) is 0 Å². The molecule has 1 aliphatic heterocycles. The quantitative estimate of drug-likeness (QED) is 0.696. The molecule has 2 heterocycles.